The highest BCUT2D eigenvalue weighted by atomic mass is 16.5. The lowest BCUT2D eigenvalue weighted by Crippen LogP contribution is -3.28. The molecule has 2 aromatic carbocycles. The van der Waals surface area contributed by atoms with E-state index in [0.29, 0.717) is 12.5 Å². The maximum Gasteiger partial charge on any atom is 0.137 e. The molecular formula is C24H36N2O2+2. The molecule has 2 aromatic rings. The van der Waals surface area contributed by atoms with Crippen molar-refractivity contribution in [2.75, 3.05) is 39.3 Å². The summed E-state index contributed by atoms with van der Waals surface area (Å²) in [6, 6.07) is 17.1. The Hall–Kier alpha value is -1.88. The van der Waals surface area contributed by atoms with Gasteiger partial charge in [0.25, 0.3) is 0 Å². The third-order valence-corrected chi connectivity index (χ3v) is 5.71. The SMILES string of the molecule is Cc1ccc(C(C)C)c(OC[C@H](O)C[NH+]2CC[NH+](Cc3ccccc3)CC2)c1. The molecular weight excluding hydrogens is 348 g/mol. The van der Waals surface area contributed by atoms with Gasteiger partial charge in [0.15, 0.2) is 0 Å². The van der Waals surface area contributed by atoms with Crippen LogP contribution in [-0.2, 0) is 6.54 Å². The van der Waals surface area contributed by atoms with E-state index in [1.807, 2.05) is 0 Å². The number of ether oxygens (including phenoxy) is 1. The molecule has 0 saturated carbocycles. The van der Waals surface area contributed by atoms with Crippen LogP contribution in [0.2, 0.25) is 0 Å². The molecule has 4 heteroatoms. The van der Waals surface area contributed by atoms with Crippen LogP contribution in [-0.4, -0.2) is 50.5 Å². The topological polar surface area (TPSA) is 38.3 Å². The van der Waals surface area contributed by atoms with Crippen LogP contribution in [0.3, 0.4) is 0 Å². The Morgan fingerprint density at radius 3 is 2.32 bits per heavy atom. The fraction of sp³-hybridized carbons (Fsp3) is 0.500. The van der Waals surface area contributed by atoms with Gasteiger partial charge in [0, 0.05) is 5.56 Å². The summed E-state index contributed by atoms with van der Waals surface area (Å²) in [5.41, 5.74) is 3.81. The quantitative estimate of drug-likeness (QED) is 0.631. The summed E-state index contributed by atoms with van der Waals surface area (Å²) in [6.07, 6.45) is -0.425. The van der Waals surface area contributed by atoms with Gasteiger partial charge in [0.2, 0.25) is 0 Å². The van der Waals surface area contributed by atoms with Crippen molar-refractivity contribution in [2.24, 2.45) is 0 Å². The van der Waals surface area contributed by atoms with Crippen LogP contribution in [0.15, 0.2) is 48.5 Å². The lowest BCUT2D eigenvalue weighted by atomic mass is 10.0. The third-order valence-electron chi connectivity index (χ3n) is 5.71. The number of aliphatic hydroxyl groups is 1. The van der Waals surface area contributed by atoms with Gasteiger partial charge in [-0.05, 0) is 30.0 Å². The molecule has 3 rings (SSSR count). The minimum absolute atomic E-state index is 0.368. The van der Waals surface area contributed by atoms with E-state index in [1.165, 1.54) is 21.6 Å². The molecule has 1 heterocycles. The first-order valence-electron chi connectivity index (χ1n) is 10.6. The molecule has 4 nitrogen and oxygen atoms in total. The maximum atomic E-state index is 10.5. The van der Waals surface area contributed by atoms with E-state index in [-0.39, 0.29) is 0 Å². The van der Waals surface area contributed by atoms with Gasteiger partial charge in [0.05, 0.1) is 0 Å². The van der Waals surface area contributed by atoms with E-state index in [2.05, 4.69) is 69.3 Å². The molecule has 1 fully saturated rings. The highest BCUT2D eigenvalue weighted by Crippen LogP contribution is 2.27. The normalized spacial score (nSPS) is 20.9. The molecule has 0 aromatic heterocycles. The third kappa shape index (κ3) is 6.06. The fourth-order valence-electron chi connectivity index (χ4n) is 4.04. The first-order chi connectivity index (χ1) is 13.5. The Balaban J connectivity index is 1.43. The molecule has 1 aliphatic rings. The molecule has 28 heavy (non-hydrogen) atoms. The second-order valence-corrected chi connectivity index (χ2v) is 8.53. The number of benzene rings is 2. The molecule has 0 spiro atoms. The molecule has 0 bridgehead atoms. The predicted octanol–water partition coefficient (Wildman–Crippen LogP) is 0.842. The number of hydrogen-bond donors (Lipinski definition) is 3. The van der Waals surface area contributed by atoms with Gasteiger partial charge < -0.3 is 19.6 Å². The minimum Gasteiger partial charge on any atom is -0.490 e. The Morgan fingerprint density at radius 1 is 0.964 bits per heavy atom. The van der Waals surface area contributed by atoms with Gasteiger partial charge >= 0.3 is 0 Å². The van der Waals surface area contributed by atoms with Gasteiger partial charge in [-0.1, -0.05) is 56.3 Å². The molecule has 1 aliphatic heterocycles. The molecule has 152 valence electrons. The van der Waals surface area contributed by atoms with Gasteiger partial charge in [0.1, 0.15) is 57.7 Å². The number of aliphatic hydroxyl groups excluding tert-OH is 1. The van der Waals surface area contributed by atoms with Crippen molar-refractivity contribution in [2.45, 2.75) is 39.3 Å². The van der Waals surface area contributed by atoms with E-state index in [1.54, 1.807) is 4.90 Å². The largest absolute Gasteiger partial charge is 0.490 e. The van der Waals surface area contributed by atoms with Crippen LogP contribution in [0, 0.1) is 6.92 Å². The predicted molar refractivity (Wildman–Crippen MR) is 113 cm³/mol. The van der Waals surface area contributed by atoms with Crippen LogP contribution in [0.5, 0.6) is 5.75 Å². The highest BCUT2D eigenvalue weighted by molar-refractivity contribution is 5.39. The summed E-state index contributed by atoms with van der Waals surface area (Å²) in [5.74, 6) is 1.33. The van der Waals surface area contributed by atoms with E-state index in [4.69, 9.17) is 4.74 Å². The van der Waals surface area contributed by atoms with Crippen molar-refractivity contribution in [3.05, 3.63) is 65.2 Å². The zero-order valence-corrected chi connectivity index (χ0v) is 17.6. The van der Waals surface area contributed by atoms with Crippen molar-refractivity contribution < 1.29 is 19.6 Å². The van der Waals surface area contributed by atoms with Crippen molar-refractivity contribution in [3.8, 4) is 5.75 Å². The molecule has 0 aliphatic carbocycles. The van der Waals surface area contributed by atoms with Gasteiger partial charge in [-0.15, -0.1) is 0 Å². The van der Waals surface area contributed by atoms with Crippen molar-refractivity contribution in [1.82, 2.24) is 0 Å². The Labute approximate surface area is 169 Å². The maximum absolute atomic E-state index is 10.5. The molecule has 0 radical (unpaired) electrons. The van der Waals surface area contributed by atoms with Crippen molar-refractivity contribution in [1.29, 1.82) is 0 Å². The van der Waals surface area contributed by atoms with Crippen LogP contribution in [0.4, 0.5) is 0 Å². The highest BCUT2D eigenvalue weighted by Gasteiger charge is 2.25. The Kier molecular flexibility index (Phi) is 7.49. The first kappa shape index (κ1) is 20.8. The van der Waals surface area contributed by atoms with E-state index in [9.17, 15) is 5.11 Å². The van der Waals surface area contributed by atoms with Crippen LogP contribution < -0.4 is 14.5 Å². The summed E-state index contributed by atoms with van der Waals surface area (Å²) in [4.78, 5) is 3.13. The monoisotopic (exact) mass is 384 g/mol. The smallest absolute Gasteiger partial charge is 0.137 e. The number of nitrogens with one attached hydrogen (secondary N) is 2. The van der Waals surface area contributed by atoms with Crippen LogP contribution in [0.1, 0.15) is 36.5 Å². The zero-order chi connectivity index (χ0) is 19.9. The fourth-order valence-corrected chi connectivity index (χ4v) is 4.04. The average Bonchev–Trinajstić information content (AvgIpc) is 2.68. The Bertz CT molecular complexity index is 725. The van der Waals surface area contributed by atoms with Gasteiger partial charge in [-0.3, -0.25) is 0 Å². The molecule has 1 saturated heterocycles. The molecule has 1 atom stereocenters. The number of quaternary nitrogens is 2. The minimum atomic E-state index is -0.425. The number of rotatable bonds is 8. The standard InChI is InChI=1S/C24H34N2O2/c1-19(2)23-10-9-20(3)15-24(23)28-18-22(27)17-26-13-11-25(12-14-26)16-21-7-5-4-6-8-21/h4-10,15,19,22,27H,11-14,16-18H2,1-3H3/p+2/t22-/m1/s1. The molecule has 0 amide bonds. The molecule has 0 unspecified atom stereocenters. The van der Waals surface area contributed by atoms with E-state index in [0.717, 1.165) is 45.0 Å². The lowest BCUT2D eigenvalue weighted by Gasteiger charge is -2.30. The summed E-state index contributed by atoms with van der Waals surface area (Å²) < 4.78 is 6.01. The van der Waals surface area contributed by atoms with Crippen LogP contribution >= 0.6 is 0 Å². The average molecular weight is 385 g/mol. The summed E-state index contributed by atoms with van der Waals surface area (Å²) in [7, 11) is 0. The van der Waals surface area contributed by atoms with Gasteiger partial charge in [-0.25, -0.2) is 0 Å². The van der Waals surface area contributed by atoms with E-state index < -0.39 is 6.10 Å². The first-order valence-corrected chi connectivity index (χ1v) is 10.6. The second-order valence-electron chi connectivity index (χ2n) is 8.53. The van der Waals surface area contributed by atoms with Crippen LogP contribution in [0.25, 0.3) is 0 Å². The summed E-state index contributed by atoms with van der Waals surface area (Å²) >= 11 is 0. The summed E-state index contributed by atoms with van der Waals surface area (Å²) in [5, 5.41) is 10.5. The summed E-state index contributed by atoms with van der Waals surface area (Å²) in [6.45, 7) is 13.2. The number of aryl methyl sites for hydroxylation is 1. The van der Waals surface area contributed by atoms with Gasteiger partial charge in [-0.2, -0.15) is 0 Å². The Morgan fingerprint density at radius 2 is 1.64 bits per heavy atom. The van der Waals surface area contributed by atoms with E-state index >= 15 is 0 Å². The number of piperazine rings is 1. The van der Waals surface area contributed by atoms with Crippen molar-refractivity contribution in [3.63, 3.8) is 0 Å². The molecule has 3 N–H and O–H groups in total. The van der Waals surface area contributed by atoms with Crippen molar-refractivity contribution >= 4 is 0 Å². The zero-order valence-electron chi connectivity index (χ0n) is 17.6. The number of hydrogen-bond acceptors (Lipinski definition) is 2. The second kappa shape index (κ2) is 10.1. The lowest BCUT2D eigenvalue weighted by molar-refractivity contribution is -1.02.